The molecule has 4 aromatic heterocycles. The van der Waals surface area contributed by atoms with Crippen LogP contribution >= 0.6 is 0 Å². The van der Waals surface area contributed by atoms with E-state index >= 15 is 0 Å². The van der Waals surface area contributed by atoms with E-state index in [2.05, 4.69) is 69.6 Å². The minimum Gasteiger partial charge on any atom is -0.465 e. The number of ether oxygens (including phenoxy) is 4. The fraction of sp³-hybridized carbons (Fsp3) is 0.613. The lowest BCUT2D eigenvalue weighted by atomic mass is 9.71. The normalized spacial score (nSPS) is 26.7. The average molecular weight is 1390 g/mol. The zero-order valence-electron chi connectivity index (χ0n) is 60.5. The summed E-state index contributed by atoms with van der Waals surface area (Å²) in [6, 6.07) is 16.4. The molecule has 3 amide bonds. The number of nitrogen functional groups attached to an aromatic ring is 1. The molecular weight excluding hydrogens is 1290 g/mol. The molecule has 2 unspecified atom stereocenters. The number of hydrogen-bond acceptors (Lipinski definition) is 18. The second-order valence-corrected chi connectivity index (χ2v) is 32.9. The summed E-state index contributed by atoms with van der Waals surface area (Å²) in [6.07, 6.45) is 6.33. The lowest BCUT2D eigenvalue weighted by Crippen LogP contribution is -2.47. The number of benzene rings is 2. The zero-order valence-corrected chi connectivity index (χ0v) is 60.5. The smallest absolute Gasteiger partial charge is 0.412 e. The predicted molar refractivity (Wildman–Crippen MR) is 376 cm³/mol. The van der Waals surface area contributed by atoms with Crippen molar-refractivity contribution in [1.82, 2.24) is 59.1 Å². The minimum absolute atomic E-state index is 0.117. The third-order valence-corrected chi connectivity index (χ3v) is 23.9. The molecule has 2 aromatic carbocycles. The first-order chi connectivity index (χ1) is 48.0. The van der Waals surface area contributed by atoms with E-state index < -0.39 is 35.2 Å². The van der Waals surface area contributed by atoms with Crippen LogP contribution in [0.4, 0.5) is 36.6 Å². The van der Waals surface area contributed by atoms with E-state index in [4.69, 9.17) is 44.6 Å². The number of rotatable bonds is 11. The van der Waals surface area contributed by atoms with Crippen molar-refractivity contribution in [2.75, 3.05) is 101 Å². The summed E-state index contributed by atoms with van der Waals surface area (Å²) in [7, 11) is 6.93. The van der Waals surface area contributed by atoms with Gasteiger partial charge in [-0.2, -0.15) is 30.1 Å². The molecule has 2 spiro atoms. The summed E-state index contributed by atoms with van der Waals surface area (Å²) < 4.78 is 60.3. The first kappa shape index (κ1) is 68.7. The van der Waals surface area contributed by atoms with Gasteiger partial charge in [0.25, 0.3) is 11.8 Å². The highest BCUT2D eigenvalue weighted by atomic mass is 19.1. The van der Waals surface area contributed by atoms with Gasteiger partial charge in [0.2, 0.25) is 0 Å². The average Bonchev–Trinajstić information content (AvgIpc) is 1.58. The molecular formula is C75H98F2N16O8. The van der Waals surface area contributed by atoms with E-state index in [1.54, 1.807) is 33.1 Å². The molecule has 10 aliphatic rings. The summed E-state index contributed by atoms with van der Waals surface area (Å²) in [6.45, 7) is 22.4. The van der Waals surface area contributed by atoms with Gasteiger partial charge in [0.05, 0.1) is 60.2 Å². The monoisotopic (exact) mass is 1390 g/mol. The molecule has 101 heavy (non-hydrogen) atoms. The van der Waals surface area contributed by atoms with Gasteiger partial charge in [-0.25, -0.2) is 13.6 Å². The van der Waals surface area contributed by atoms with E-state index in [0.717, 1.165) is 139 Å². The highest BCUT2D eigenvalue weighted by molar-refractivity contribution is 5.92. The van der Waals surface area contributed by atoms with Crippen molar-refractivity contribution in [3.8, 4) is 12.0 Å². The lowest BCUT2D eigenvalue weighted by Gasteiger charge is -2.45. The number of carbonyl (C=O) groups excluding carboxylic acids is 2. The maximum absolute atomic E-state index is 14.7. The fourth-order valence-corrected chi connectivity index (χ4v) is 18.8. The first-order valence-corrected chi connectivity index (χ1v) is 36.2. The number of fused-ring (bicyclic) bond motifs is 10. The molecule has 6 aromatic rings. The number of amides is 3. The van der Waals surface area contributed by atoms with Crippen LogP contribution in [0.3, 0.4) is 0 Å². The van der Waals surface area contributed by atoms with Crippen LogP contribution in [0.2, 0.25) is 0 Å². The molecule has 6 atom stereocenters. The first-order valence-electron chi connectivity index (χ1n) is 36.2. The van der Waals surface area contributed by atoms with Gasteiger partial charge < -0.3 is 49.4 Å². The van der Waals surface area contributed by atoms with Crippen molar-refractivity contribution in [3.05, 3.63) is 116 Å². The molecule has 0 bridgehead atoms. The van der Waals surface area contributed by atoms with Gasteiger partial charge in [-0.1, -0.05) is 39.8 Å². The Hall–Kier alpha value is -8.07. The van der Waals surface area contributed by atoms with E-state index in [1.807, 2.05) is 66.5 Å². The summed E-state index contributed by atoms with van der Waals surface area (Å²) in [5.41, 5.74) is 15.2. The van der Waals surface area contributed by atoms with Gasteiger partial charge in [0, 0.05) is 132 Å². The fourth-order valence-electron chi connectivity index (χ4n) is 18.8. The highest BCUT2D eigenvalue weighted by Crippen LogP contribution is 2.59. The Kier molecular flexibility index (Phi) is 17.1. The number of carbonyl (C=O) groups is 3. The number of anilines is 4. The molecule has 16 rings (SSSR count). The number of carboxylic acid groups (broad SMARTS) is 1. The third-order valence-electron chi connectivity index (χ3n) is 23.9. The maximum atomic E-state index is 14.7. The summed E-state index contributed by atoms with van der Waals surface area (Å²) in [5, 5.41) is 19.6. The molecule has 26 heteroatoms. The van der Waals surface area contributed by atoms with Gasteiger partial charge in [-0.15, -0.1) is 0 Å². The van der Waals surface area contributed by atoms with E-state index in [0.29, 0.717) is 114 Å². The van der Waals surface area contributed by atoms with Crippen LogP contribution in [-0.2, 0) is 85.8 Å². The molecule has 0 radical (unpaired) electrons. The summed E-state index contributed by atoms with van der Waals surface area (Å²) >= 11 is 0. The van der Waals surface area contributed by atoms with Crippen molar-refractivity contribution in [3.63, 3.8) is 0 Å². The van der Waals surface area contributed by atoms with Gasteiger partial charge in [-0.05, 0) is 144 Å². The molecule has 12 heterocycles. The Morgan fingerprint density at radius 3 is 1.51 bits per heavy atom. The number of nitrogens with two attached hydrogens (primary N) is 1. The van der Waals surface area contributed by atoms with Gasteiger partial charge >= 0.3 is 18.1 Å². The predicted octanol–water partition coefficient (Wildman–Crippen LogP) is 9.45. The van der Waals surface area contributed by atoms with Crippen LogP contribution < -0.4 is 29.9 Å². The van der Waals surface area contributed by atoms with Crippen LogP contribution in [0, 0.1) is 10.8 Å². The molecule has 4 fully saturated rings. The van der Waals surface area contributed by atoms with Crippen molar-refractivity contribution < 1.29 is 47.2 Å². The molecule has 4 saturated heterocycles. The molecule has 24 nitrogen and oxygen atoms in total. The largest absolute Gasteiger partial charge is 0.465 e. The van der Waals surface area contributed by atoms with Crippen LogP contribution in [0.25, 0.3) is 0 Å². The summed E-state index contributed by atoms with van der Waals surface area (Å²) in [5.74, 6) is 1.25. The van der Waals surface area contributed by atoms with Gasteiger partial charge in [-0.3, -0.25) is 33.7 Å². The second-order valence-electron chi connectivity index (χ2n) is 32.9. The Morgan fingerprint density at radius 1 is 0.614 bits per heavy atom. The topological polar surface area (TPSA) is 244 Å². The van der Waals surface area contributed by atoms with Crippen LogP contribution in [0.1, 0.15) is 177 Å². The van der Waals surface area contributed by atoms with Gasteiger partial charge in [0.15, 0.2) is 11.4 Å². The van der Waals surface area contributed by atoms with Crippen molar-refractivity contribution in [1.29, 1.82) is 0 Å². The molecule has 0 saturated carbocycles. The summed E-state index contributed by atoms with van der Waals surface area (Å²) in [4.78, 5) is 72.0. The lowest BCUT2D eigenvalue weighted by molar-refractivity contribution is -0.139. The molecule has 8 aliphatic heterocycles. The van der Waals surface area contributed by atoms with Crippen molar-refractivity contribution in [2.24, 2.45) is 10.8 Å². The van der Waals surface area contributed by atoms with Gasteiger partial charge in [0.1, 0.15) is 48.4 Å². The standard InChI is InChI=1S/C40H53FN8O5.C35H45FN8O3/c1-37(2,3)49(36(51)52)27-11-10-25-18-38(4,5)40(30(25)16-27)20-32-29(23-54-40)33(43-35(42-32)53-24-39-12-8-14-47(39)21-26(41)19-39)46-13-9-15-48-28(22-46)17-31(44-48)34(50)45(6)7;1-33(2)15-22-7-8-24(37)13-27(22)35(33)17-29-26(20-47-35)30(39-32(38-29)46-21-34-9-5-11-43(34)18-23(36)16-34)42-10-6-12-44-25(19-42)14-28(40-44)31(45)41(3)4/h10-11,16-17,26H,8-9,12-15,18-24H2,1-7H3,(H,51,52);7-8,13-14,23H,5-6,9-12,15-21,37H2,1-4H3/t26-,39+,40?;23-,34+,35?/m11/s1. The Labute approximate surface area is 589 Å². The molecule has 3 N–H and O–H groups in total. The third kappa shape index (κ3) is 11.9. The van der Waals surface area contributed by atoms with E-state index in [9.17, 15) is 28.3 Å². The van der Waals surface area contributed by atoms with Crippen LogP contribution in [0.5, 0.6) is 12.0 Å². The zero-order chi connectivity index (χ0) is 71.1. The SMILES string of the molecule is CN(C)C(=O)c1cc2n(n1)CCCN(c1nc(OC[C@@]34CCCN3C[C@H](F)C4)nc3c1COC1(C3)c3cc(N(C(=O)O)C(C)(C)C)ccc3CC1(C)C)C2.CN(C)C(=O)c1cc2n(n1)CCCN(c1nc(OC[C@@]34CCCN3C[C@H](F)C4)nc3c1COC1(C3)c3cc(N)ccc3CC1(C)C)C2. The number of alkyl halides is 2. The number of aromatic nitrogens is 8. The van der Waals surface area contributed by atoms with Crippen LogP contribution in [0.15, 0.2) is 48.5 Å². The maximum Gasteiger partial charge on any atom is 0.412 e. The quantitative estimate of drug-likeness (QED) is 0.115. The molecule has 2 aliphatic carbocycles. The van der Waals surface area contributed by atoms with Crippen molar-refractivity contribution >= 4 is 40.9 Å². The van der Waals surface area contributed by atoms with Crippen LogP contribution in [-0.4, -0.2) is 192 Å². The number of nitrogens with zero attached hydrogens (tertiary/aromatic N) is 15. The Morgan fingerprint density at radius 2 is 1.07 bits per heavy atom. The highest BCUT2D eigenvalue weighted by Gasteiger charge is 2.59. The Balaban J connectivity index is 0.000000165. The Bertz CT molecular complexity index is 4270. The minimum atomic E-state index is -1.01. The number of halogens is 2. The van der Waals surface area contributed by atoms with E-state index in [1.165, 1.54) is 15.4 Å². The number of aryl methyl sites for hydroxylation is 2. The number of hydrogen-bond donors (Lipinski definition) is 2. The van der Waals surface area contributed by atoms with Crippen molar-refractivity contribution in [2.45, 2.75) is 205 Å². The second kappa shape index (κ2) is 25.1. The van der Waals surface area contributed by atoms with E-state index in [-0.39, 0.29) is 46.3 Å². The molecule has 540 valence electrons.